The van der Waals surface area contributed by atoms with E-state index in [1.807, 2.05) is 6.08 Å². The Morgan fingerprint density at radius 2 is 2.04 bits per heavy atom. The van der Waals surface area contributed by atoms with E-state index in [4.69, 9.17) is 0 Å². The molecule has 1 aliphatic rings. The fourth-order valence-electron chi connectivity index (χ4n) is 2.35. The maximum atomic E-state index is 12.5. The number of nitro benzene ring substituents is 1. The van der Waals surface area contributed by atoms with Crippen LogP contribution in [0.1, 0.15) is 17.5 Å². The van der Waals surface area contributed by atoms with Crippen molar-refractivity contribution in [2.24, 2.45) is 0 Å². The van der Waals surface area contributed by atoms with Gasteiger partial charge in [-0.3, -0.25) is 10.1 Å². The van der Waals surface area contributed by atoms with Crippen LogP contribution in [0, 0.1) is 24.0 Å². The van der Waals surface area contributed by atoms with Crippen LogP contribution < -0.4 is 10.0 Å². The second kappa shape index (κ2) is 7.87. The van der Waals surface area contributed by atoms with E-state index in [2.05, 4.69) is 10.0 Å². The zero-order chi connectivity index (χ0) is 16.3. The Labute approximate surface area is 141 Å². The van der Waals surface area contributed by atoms with Gasteiger partial charge in [-0.15, -0.1) is 12.4 Å². The summed E-state index contributed by atoms with van der Waals surface area (Å²) < 4.78 is 27.5. The zero-order valence-corrected chi connectivity index (χ0v) is 14.6. The van der Waals surface area contributed by atoms with Crippen molar-refractivity contribution in [2.75, 3.05) is 19.6 Å². The summed E-state index contributed by atoms with van der Waals surface area (Å²) >= 11 is 0. The second-order valence-corrected chi connectivity index (χ2v) is 6.96. The summed E-state index contributed by atoms with van der Waals surface area (Å²) in [6.07, 6.45) is 2.70. The topological polar surface area (TPSA) is 101 Å². The molecule has 0 fully saturated rings. The molecule has 0 atom stereocenters. The minimum Gasteiger partial charge on any atom is -0.313 e. The molecule has 128 valence electrons. The van der Waals surface area contributed by atoms with Crippen LogP contribution in [0.4, 0.5) is 5.69 Å². The van der Waals surface area contributed by atoms with Gasteiger partial charge in [0.05, 0.1) is 4.92 Å². The summed E-state index contributed by atoms with van der Waals surface area (Å²) in [5, 5.41) is 14.3. The molecule has 0 radical (unpaired) electrons. The molecule has 0 bridgehead atoms. The summed E-state index contributed by atoms with van der Waals surface area (Å²) in [4.78, 5) is 10.2. The highest BCUT2D eigenvalue weighted by atomic mass is 35.5. The van der Waals surface area contributed by atoms with Crippen LogP contribution in [0.5, 0.6) is 0 Å². The van der Waals surface area contributed by atoms with Gasteiger partial charge in [-0.25, -0.2) is 13.1 Å². The third-order valence-corrected chi connectivity index (χ3v) is 5.35. The highest BCUT2D eigenvalue weighted by Crippen LogP contribution is 2.29. The lowest BCUT2D eigenvalue weighted by molar-refractivity contribution is -0.387. The first-order valence-corrected chi connectivity index (χ1v) is 8.44. The van der Waals surface area contributed by atoms with Crippen LogP contribution in [-0.4, -0.2) is 33.0 Å². The summed E-state index contributed by atoms with van der Waals surface area (Å²) in [6.45, 7) is 5.00. The molecule has 2 rings (SSSR count). The summed E-state index contributed by atoms with van der Waals surface area (Å²) in [5.74, 6) is 0. The van der Waals surface area contributed by atoms with E-state index in [-0.39, 0.29) is 23.8 Å². The van der Waals surface area contributed by atoms with Crippen molar-refractivity contribution in [3.05, 3.63) is 45.0 Å². The molecule has 1 aliphatic heterocycles. The van der Waals surface area contributed by atoms with E-state index in [1.165, 1.54) is 6.07 Å². The molecule has 9 heteroatoms. The fourth-order valence-corrected chi connectivity index (χ4v) is 3.85. The van der Waals surface area contributed by atoms with E-state index in [0.717, 1.165) is 18.5 Å². The van der Waals surface area contributed by atoms with Gasteiger partial charge in [0.25, 0.3) is 5.69 Å². The number of halogens is 1. The molecule has 0 saturated heterocycles. The lowest BCUT2D eigenvalue weighted by Gasteiger charge is -2.16. The molecule has 1 heterocycles. The number of rotatable bonds is 5. The normalized spacial score (nSPS) is 14.8. The lowest BCUT2D eigenvalue weighted by atomic mass is 10.1. The predicted octanol–water partition coefficient (Wildman–Crippen LogP) is 1.83. The fraction of sp³-hybridized carbons (Fsp3) is 0.429. The van der Waals surface area contributed by atoms with Gasteiger partial charge in [0, 0.05) is 19.2 Å². The van der Waals surface area contributed by atoms with Crippen LogP contribution in [-0.2, 0) is 10.0 Å². The molecule has 0 aromatic heterocycles. The molecule has 1 aromatic carbocycles. The SMILES string of the molecule is Cc1ccc([N+](=O)[O-])c(S(=O)(=O)NCC2=CCNCC2)c1C.Cl. The van der Waals surface area contributed by atoms with Crippen molar-refractivity contribution >= 4 is 28.1 Å². The second-order valence-electron chi connectivity index (χ2n) is 5.25. The van der Waals surface area contributed by atoms with Crippen molar-refractivity contribution in [3.63, 3.8) is 0 Å². The Hall–Kier alpha value is -1.48. The summed E-state index contributed by atoms with van der Waals surface area (Å²) in [6, 6.07) is 2.79. The van der Waals surface area contributed by atoms with Crippen molar-refractivity contribution < 1.29 is 13.3 Å². The van der Waals surface area contributed by atoms with E-state index in [0.29, 0.717) is 17.7 Å². The minimum atomic E-state index is -3.94. The predicted molar refractivity (Wildman–Crippen MR) is 90.6 cm³/mol. The molecule has 23 heavy (non-hydrogen) atoms. The number of nitrogens with one attached hydrogen (secondary N) is 2. The van der Waals surface area contributed by atoms with Gasteiger partial charge in [0.1, 0.15) is 0 Å². The van der Waals surface area contributed by atoms with Crippen molar-refractivity contribution in [2.45, 2.75) is 25.2 Å². The van der Waals surface area contributed by atoms with Crippen LogP contribution in [0.15, 0.2) is 28.7 Å². The Kier molecular flexibility index (Phi) is 6.69. The molecule has 0 amide bonds. The molecule has 1 aromatic rings. The average Bonchev–Trinajstić information content (AvgIpc) is 2.48. The smallest absolute Gasteiger partial charge is 0.289 e. The summed E-state index contributed by atoms with van der Waals surface area (Å²) in [5.41, 5.74) is 1.69. The first-order valence-electron chi connectivity index (χ1n) is 6.96. The average molecular weight is 362 g/mol. The van der Waals surface area contributed by atoms with Crippen LogP contribution in [0.2, 0.25) is 0 Å². The molecule has 0 aliphatic carbocycles. The number of sulfonamides is 1. The lowest BCUT2D eigenvalue weighted by Crippen LogP contribution is -2.30. The van der Waals surface area contributed by atoms with Crippen LogP contribution in [0.25, 0.3) is 0 Å². The van der Waals surface area contributed by atoms with E-state index in [9.17, 15) is 18.5 Å². The zero-order valence-electron chi connectivity index (χ0n) is 13.0. The van der Waals surface area contributed by atoms with Gasteiger partial charge in [-0.05, 0) is 37.9 Å². The van der Waals surface area contributed by atoms with Gasteiger partial charge in [-0.1, -0.05) is 17.7 Å². The van der Waals surface area contributed by atoms with Gasteiger partial charge >= 0.3 is 0 Å². The number of nitrogens with zero attached hydrogens (tertiary/aromatic N) is 1. The molecule has 2 N–H and O–H groups in total. The van der Waals surface area contributed by atoms with Gasteiger partial charge in [0.15, 0.2) is 4.90 Å². The molecule has 0 unspecified atom stereocenters. The first-order chi connectivity index (χ1) is 10.3. The van der Waals surface area contributed by atoms with E-state index >= 15 is 0 Å². The summed E-state index contributed by atoms with van der Waals surface area (Å²) in [7, 11) is -3.94. The quantitative estimate of drug-likeness (QED) is 0.473. The van der Waals surface area contributed by atoms with Crippen molar-refractivity contribution in [1.82, 2.24) is 10.0 Å². The maximum Gasteiger partial charge on any atom is 0.289 e. The van der Waals surface area contributed by atoms with Gasteiger partial charge in [-0.2, -0.15) is 0 Å². The highest BCUT2D eigenvalue weighted by molar-refractivity contribution is 7.89. The van der Waals surface area contributed by atoms with Crippen molar-refractivity contribution in [3.8, 4) is 0 Å². The largest absolute Gasteiger partial charge is 0.313 e. The highest BCUT2D eigenvalue weighted by Gasteiger charge is 2.28. The molecule has 7 nitrogen and oxygen atoms in total. The minimum absolute atomic E-state index is 0. The Morgan fingerprint density at radius 1 is 1.35 bits per heavy atom. The molecular weight excluding hydrogens is 342 g/mol. The first kappa shape index (κ1) is 19.6. The van der Waals surface area contributed by atoms with E-state index < -0.39 is 20.6 Å². The van der Waals surface area contributed by atoms with E-state index in [1.54, 1.807) is 19.9 Å². The third-order valence-electron chi connectivity index (χ3n) is 3.77. The Bertz CT molecular complexity index is 732. The number of hydrogen-bond donors (Lipinski definition) is 2. The van der Waals surface area contributed by atoms with Crippen LogP contribution >= 0.6 is 12.4 Å². The maximum absolute atomic E-state index is 12.5. The number of hydrogen-bond acceptors (Lipinski definition) is 5. The van der Waals surface area contributed by atoms with Gasteiger partial charge in [0.2, 0.25) is 10.0 Å². The monoisotopic (exact) mass is 361 g/mol. The Morgan fingerprint density at radius 3 is 2.61 bits per heavy atom. The molecular formula is C14H20ClN3O4S. The Balaban J connectivity index is 0.00000264. The molecule has 0 spiro atoms. The number of aryl methyl sites for hydroxylation is 1. The standard InChI is InChI=1S/C14H19N3O4S.ClH/c1-10-3-4-13(17(18)19)14(11(10)2)22(20,21)16-9-12-5-7-15-8-6-12;/h3-5,15-16H,6-9H2,1-2H3;1H. The van der Waals surface area contributed by atoms with Crippen LogP contribution in [0.3, 0.4) is 0 Å². The van der Waals surface area contributed by atoms with Gasteiger partial charge < -0.3 is 5.32 Å². The number of nitro groups is 1. The van der Waals surface area contributed by atoms with Crippen molar-refractivity contribution in [1.29, 1.82) is 0 Å². The number of benzene rings is 1. The third kappa shape index (κ3) is 4.51. The molecule has 0 saturated carbocycles.